The summed E-state index contributed by atoms with van der Waals surface area (Å²) in [5.41, 5.74) is 0. The minimum Gasteiger partial charge on any atom is -0.462 e. The molecule has 0 radical (unpaired) electrons. The van der Waals surface area contributed by atoms with Crippen LogP contribution < -0.4 is 0 Å². The number of hydrogen-bond donors (Lipinski definition) is 0. The van der Waals surface area contributed by atoms with E-state index in [-0.39, 0.29) is 31.1 Å². The topological polar surface area (TPSA) is 78.9 Å². The van der Waals surface area contributed by atoms with E-state index in [0.29, 0.717) is 19.3 Å². The smallest absolute Gasteiger partial charge is 0.306 e. The largest absolute Gasteiger partial charge is 0.462 e. The van der Waals surface area contributed by atoms with Gasteiger partial charge >= 0.3 is 17.9 Å². The molecular weight excluding hydrogens is 733 g/mol. The molecule has 0 saturated carbocycles. The van der Waals surface area contributed by atoms with Crippen LogP contribution >= 0.6 is 0 Å². The van der Waals surface area contributed by atoms with Gasteiger partial charge in [0, 0.05) is 19.3 Å². The molecule has 0 saturated heterocycles. The fourth-order valence-electron chi connectivity index (χ4n) is 7.96. The maximum Gasteiger partial charge on any atom is 0.306 e. The van der Waals surface area contributed by atoms with Crippen molar-refractivity contribution < 1.29 is 28.6 Å². The summed E-state index contributed by atoms with van der Waals surface area (Å²) in [5.74, 6) is 0.804. The first-order chi connectivity index (χ1) is 28.8. The summed E-state index contributed by atoms with van der Waals surface area (Å²) in [6.45, 7) is 11.4. The molecule has 0 spiro atoms. The Hall–Kier alpha value is -1.59. The van der Waals surface area contributed by atoms with E-state index in [1.807, 2.05) is 0 Å². The Morgan fingerprint density at radius 1 is 0.356 bits per heavy atom. The molecule has 0 aromatic heterocycles. The molecule has 0 rings (SSSR count). The highest BCUT2D eigenvalue weighted by atomic mass is 16.6. The zero-order valence-corrected chi connectivity index (χ0v) is 40.4. The molecule has 0 bridgehead atoms. The quantitative estimate of drug-likeness (QED) is 0.0345. The number of esters is 3. The van der Waals surface area contributed by atoms with Crippen LogP contribution in [-0.4, -0.2) is 37.2 Å². The van der Waals surface area contributed by atoms with Crippen molar-refractivity contribution in [3.05, 3.63) is 0 Å². The van der Waals surface area contributed by atoms with Gasteiger partial charge < -0.3 is 14.2 Å². The molecule has 0 aromatic rings. The summed E-state index contributed by atoms with van der Waals surface area (Å²) in [6, 6.07) is 0. The van der Waals surface area contributed by atoms with Crippen molar-refractivity contribution in [3.8, 4) is 0 Å². The highest BCUT2D eigenvalue weighted by molar-refractivity contribution is 5.71. The third-order valence-electron chi connectivity index (χ3n) is 12.3. The normalized spacial score (nSPS) is 12.5. The number of carbonyl (C=O) groups is 3. The zero-order valence-electron chi connectivity index (χ0n) is 40.4. The summed E-state index contributed by atoms with van der Waals surface area (Å²) in [6.07, 6.45) is 46.6. The Bertz CT molecular complexity index is 902. The van der Waals surface area contributed by atoms with E-state index in [9.17, 15) is 14.4 Å². The van der Waals surface area contributed by atoms with Gasteiger partial charge in [-0.1, -0.05) is 253 Å². The summed E-state index contributed by atoms with van der Waals surface area (Å²) in [4.78, 5) is 37.9. The van der Waals surface area contributed by atoms with Crippen molar-refractivity contribution >= 4 is 17.9 Å². The van der Waals surface area contributed by atoms with Crippen LogP contribution in [0.2, 0.25) is 0 Å². The second-order valence-corrected chi connectivity index (χ2v) is 18.9. The first-order valence-electron chi connectivity index (χ1n) is 26.3. The minimum atomic E-state index is -0.762. The lowest BCUT2D eigenvalue weighted by molar-refractivity contribution is -0.167. The maximum atomic E-state index is 12.8. The second-order valence-electron chi connectivity index (χ2n) is 18.9. The standard InChI is InChI=1S/C53H102O6/c1-6-8-9-10-11-12-13-14-15-18-22-25-28-35-40-45-53(56)59-50(47-58-52(55)44-39-34-30-29-32-37-42-49(5)7-2)46-57-51(54)43-38-33-27-24-21-19-16-17-20-23-26-31-36-41-48(3)4/h48-50H,6-47H2,1-5H3/t49?,50-/m1/s1. The van der Waals surface area contributed by atoms with Crippen LogP contribution in [0.4, 0.5) is 0 Å². The van der Waals surface area contributed by atoms with E-state index in [2.05, 4.69) is 34.6 Å². The average Bonchev–Trinajstić information content (AvgIpc) is 3.22. The van der Waals surface area contributed by atoms with Gasteiger partial charge in [0.15, 0.2) is 6.10 Å². The molecule has 6 heteroatoms. The van der Waals surface area contributed by atoms with Gasteiger partial charge in [0.05, 0.1) is 0 Å². The molecule has 0 aliphatic rings. The van der Waals surface area contributed by atoms with E-state index in [1.54, 1.807) is 0 Å². The van der Waals surface area contributed by atoms with E-state index in [0.717, 1.165) is 69.6 Å². The van der Waals surface area contributed by atoms with Crippen molar-refractivity contribution in [2.45, 2.75) is 298 Å². The number of carbonyl (C=O) groups excluding carboxylic acids is 3. The van der Waals surface area contributed by atoms with E-state index in [4.69, 9.17) is 14.2 Å². The highest BCUT2D eigenvalue weighted by Crippen LogP contribution is 2.18. The van der Waals surface area contributed by atoms with Crippen molar-refractivity contribution in [1.82, 2.24) is 0 Å². The minimum absolute atomic E-state index is 0.0642. The maximum absolute atomic E-state index is 12.8. The van der Waals surface area contributed by atoms with Gasteiger partial charge in [-0.3, -0.25) is 14.4 Å². The Morgan fingerprint density at radius 3 is 0.966 bits per heavy atom. The van der Waals surface area contributed by atoms with Gasteiger partial charge in [-0.2, -0.15) is 0 Å². The third kappa shape index (κ3) is 45.8. The molecule has 0 amide bonds. The van der Waals surface area contributed by atoms with Crippen LogP contribution in [0.25, 0.3) is 0 Å². The van der Waals surface area contributed by atoms with Crippen LogP contribution in [-0.2, 0) is 28.6 Å². The van der Waals surface area contributed by atoms with E-state index >= 15 is 0 Å². The van der Waals surface area contributed by atoms with Gasteiger partial charge in [0.1, 0.15) is 13.2 Å². The van der Waals surface area contributed by atoms with E-state index in [1.165, 1.54) is 180 Å². The first kappa shape index (κ1) is 57.4. The number of unbranched alkanes of at least 4 members (excludes halogenated alkanes) is 31. The number of rotatable bonds is 47. The fraction of sp³-hybridized carbons (Fsp3) is 0.943. The molecule has 0 fully saturated rings. The van der Waals surface area contributed by atoms with Crippen LogP contribution in [0.15, 0.2) is 0 Å². The van der Waals surface area contributed by atoms with Crippen LogP contribution in [0, 0.1) is 11.8 Å². The van der Waals surface area contributed by atoms with Gasteiger partial charge in [-0.15, -0.1) is 0 Å². The first-order valence-corrected chi connectivity index (χ1v) is 26.3. The van der Waals surface area contributed by atoms with Gasteiger partial charge in [-0.25, -0.2) is 0 Å². The Morgan fingerprint density at radius 2 is 0.644 bits per heavy atom. The molecule has 0 heterocycles. The summed E-state index contributed by atoms with van der Waals surface area (Å²) < 4.78 is 16.8. The highest BCUT2D eigenvalue weighted by Gasteiger charge is 2.19. The molecule has 0 aliphatic carbocycles. The monoisotopic (exact) mass is 835 g/mol. The second kappa shape index (κ2) is 45.9. The van der Waals surface area contributed by atoms with Crippen molar-refractivity contribution in [3.63, 3.8) is 0 Å². The van der Waals surface area contributed by atoms with E-state index < -0.39 is 6.10 Å². The Balaban J connectivity index is 4.29. The van der Waals surface area contributed by atoms with Crippen molar-refractivity contribution in [2.24, 2.45) is 11.8 Å². The lowest BCUT2D eigenvalue weighted by atomic mass is 10.00. The van der Waals surface area contributed by atoms with Crippen LogP contribution in [0.5, 0.6) is 0 Å². The third-order valence-corrected chi connectivity index (χ3v) is 12.3. The molecule has 2 atom stereocenters. The number of hydrogen-bond acceptors (Lipinski definition) is 6. The summed E-state index contributed by atoms with van der Waals surface area (Å²) >= 11 is 0. The predicted octanol–water partition coefficient (Wildman–Crippen LogP) is 16.9. The molecule has 6 nitrogen and oxygen atoms in total. The average molecular weight is 835 g/mol. The molecule has 0 N–H and O–H groups in total. The predicted molar refractivity (Wildman–Crippen MR) is 252 cm³/mol. The molecule has 1 unspecified atom stereocenters. The van der Waals surface area contributed by atoms with Gasteiger partial charge in [0.2, 0.25) is 0 Å². The van der Waals surface area contributed by atoms with Crippen molar-refractivity contribution in [1.29, 1.82) is 0 Å². The summed E-state index contributed by atoms with van der Waals surface area (Å²) in [5, 5.41) is 0. The van der Waals surface area contributed by atoms with Crippen LogP contribution in [0.1, 0.15) is 291 Å². The SMILES string of the molecule is CCCCCCCCCCCCCCCCCC(=O)O[C@H](COC(=O)CCCCCCCCCCCCCCCC(C)C)COC(=O)CCCCCCCCC(C)CC. The molecule has 0 aromatic carbocycles. The number of ether oxygens (including phenoxy) is 3. The summed E-state index contributed by atoms with van der Waals surface area (Å²) in [7, 11) is 0. The Kier molecular flexibility index (Phi) is 44.7. The zero-order chi connectivity index (χ0) is 43.3. The van der Waals surface area contributed by atoms with Crippen LogP contribution in [0.3, 0.4) is 0 Å². The lowest BCUT2D eigenvalue weighted by Gasteiger charge is -2.18. The Labute approximate surface area is 368 Å². The lowest BCUT2D eigenvalue weighted by Crippen LogP contribution is -2.30. The van der Waals surface area contributed by atoms with Gasteiger partial charge in [0.25, 0.3) is 0 Å². The van der Waals surface area contributed by atoms with Gasteiger partial charge in [-0.05, 0) is 31.1 Å². The molecule has 0 aliphatic heterocycles. The molecule has 59 heavy (non-hydrogen) atoms. The van der Waals surface area contributed by atoms with Crippen molar-refractivity contribution in [2.75, 3.05) is 13.2 Å². The fourth-order valence-corrected chi connectivity index (χ4v) is 7.96. The molecule has 350 valence electrons. The molecular formula is C53H102O6.